The van der Waals surface area contributed by atoms with E-state index >= 15 is 0 Å². The van der Waals surface area contributed by atoms with Crippen LogP contribution in [0.2, 0.25) is 5.02 Å². The van der Waals surface area contributed by atoms with E-state index in [1.807, 2.05) is 50.2 Å². The summed E-state index contributed by atoms with van der Waals surface area (Å²) < 4.78 is 6.03. The summed E-state index contributed by atoms with van der Waals surface area (Å²) in [6.07, 6.45) is -0.228. The molecule has 3 heteroatoms. The lowest BCUT2D eigenvalue weighted by molar-refractivity contribution is 0.213. The summed E-state index contributed by atoms with van der Waals surface area (Å²) >= 11 is 6.20. The molecule has 1 unspecified atom stereocenters. The molecule has 0 amide bonds. The van der Waals surface area contributed by atoms with E-state index in [0.717, 1.165) is 22.4 Å². The lowest BCUT2D eigenvalue weighted by Crippen LogP contribution is -2.19. The largest absolute Gasteiger partial charge is 0.484 e. The highest BCUT2D eigenvalue weighted by atomic mass is 35.5. The molecular formula is C16H18ClNO. The number of nitrogens with two attached hydrogens (primary N) is 1. The zero-order chi connectivity index (χ0) is 13.8. The molecule has 0 radical (unpaired) electrons. The highest BCUT2D eigenvalue weighted by Gasteiger charge is 2.15. The average molecular weight is 276 g/mol. The molecule has 0 saturated heterocycles. The maximum Gasteiger partial charge on any atom is 0.137 e. The second kappa shape index (κ2) is 6.09. The van der Waals surface area contributed by atoms with Crippen LogP contribution in [-0.2, 0) is 0 Å². The van der Waals surface area contributed by atoms with Gasteiger partial charge in [-0.2, -0.15) is 0 Å². The number of rotatable bonds is 4. The first kappa shape index (κ1) is 13.9. The Morgan fingerprint density at radius 3 is 2.58 bits per heavy atom. The third-order valence-corrected chi connectivity index (χ3v) is 3.42. The minimum atomic E-state index is -0.228. The standard InChI is InChI=1S/C16H18ClNO/c1-11-7-8-12(2)15(9-11)19-16(10-18)13-5-3-4-6-14(13)17/h3-9,16H,10,18H2,1-2H3. The van der Waals surface area contributed by atoms with Gasteiger partial charge in [0, 0.05) is 17.1 Å². The summed E-state index contributed by atoms with van der Waals surface area (Å²) in [4.78, 5) is 0. The maximum atomic E-state index is 6.20. The van der Waals surface area contributed by atoms with E-state index in [4.69, 9.17) is 22.1 Å². The lowest BCUT2D eigenvalue weighted by atomic mass is 10.1. The van der Waals surface area contributed by atoms with Crippen molar-refractivity contribution in [2.24, 2.45) is 5.73 Å². The monoisotopic (exact) mass is 275 g/mol. The molecule has 0 heterocycles. The molecule has 2 rings (SSSR count). The third-order valence-electron chi connectivity index (χ3n) is 3.08. The first-order valence-electron chi connectivity index (χ1n) is 6.30. The summed E-state index contributed by atoms with van der Waals surface area (Å²) in [6, 6.07) is 13.8. The second-order valence-corrected chi connectivity index (χ2v) is 5.04. The van der Waals surface area contributed by atoms with Gasteiger partial charge in [0.05, 0.1) is 0 Å². The highest BCUT2D eigenvalue weighted by molar-refractivity contribution is 6.31. The van der Waals surface area contributed by atoms with Gasteiger partial charge < -0.3 is 10.5 Å². The smallest absolute Gasteiger partial charge is 0.137 e. The van der Waals surface area contributed by atoms with Crippen LogP contribution in [0.5, 0.6) is 5.75 Å². The topological polar surface area (TPSA) is 35.2 Å². The molecule has 1 atom stereocenters. The first-order chi connectivity index (χ1) is 9.11. The van der Waals surface area contributed by atoms with Crippen molar-refractivity contribution in [3.63, 3.8) is 0 Å². The fourth-order valence-electron chi connectivity index (χ4n) is 1.96. The summed E-state index contributed by atoms with van der Waals surface area (Å²) in [5, 5.41) is 0.684. The number of hydrogen-bond acceptors (Lipinski definition) is 2. The Labute approximate surface area is 119 Å². The van der Waals surface area contributed by atoms with Crippen molar-refractivity contribution in [3.05, 3.63) is 64.2 Å². The zero-order valence-electron chi connectivity index (χ0n) is 11.2. The van der Waals surface area contributed by atoms with Crippen LogP contribution in [0.3, 0.4) is 0 Å². The van der Waals surface area contributed by atoms with E-state index in [0.29, 0.717) is 11.6 Å². The molecule has 0 bridgehead atoms. The van der Waals surface area contributed by atoms with Gasteiger partial charge in [-0.05, 0) is 37.1 Å². The number of hydrogen-bond donors (Lipinski definition) is 1. The molecule has 2 nitrogen and oxygen atoms in total. The normalized spacial score (nSPS) is 12.2. The van der Waals surface area contributed by atoms with Crippen LogP contribution in [0.25, 0.3) is 0 Å². The molecule has 2 N–H and O–H groups in total. The van der Waals surface area contributed by atoms with Crippen molar-refractivity contribution < 1.29 is 4.74 Å². The molecule has 0 spiro atoms. The van der Waals surface area contributed by atoms with E-state index in [-0.39, 0.29) is 6.10 Å². The minimum absolute atomic E-state index is 0.228. The highest BCUT2D eigenvalue weighted by Crippen LogP contribution is 2.29. The van der Waals surface area contributed by atoms with Crippen molar-refractivity contribution in [2.75, 3.05) is 6.54 Å². The molecule has 0 saturated carbocycles. The fourth-order valence-corrected chi connectivity index (χ4v) is 2.22. The molecule has 0 aliphatic carbocycles. The molecule has 0 aliphatic heterocycles. The van der Waals surface area contributed by atoms with E-state index in [2.05, 4.69) is 6.07 Å². The quantitative estimate of drug-likeness (QED) is 0.914. The van der Waals surface area contributed by atoms with E-state index in [9.17, 15) is 0 Å². The Morgan fingerprint density at radius 2 is 1.89 bits per heavy atom. The van der Waals surface area contributed by atoms with Gasteiger partial charge in [0.15, 0.2) is 0 Å². The predicted octanol–water partition coefficient (Wildman–Crippen LogP) is 4.04. The molecule has 100 valence electrons. The van der Waals surface area contributed by atoms with Gasteiger partial charge in [-0.15, -0.1) is 0 Å². The molecule has 0 aromatic heterocycles. The zero-order valence-corrected chi connectivity index (χ0v) is 11.9. The van der Waals surface area contributed by atoms with Crippen LogP contribution in [0.1, 0.15) is 22.8 Å². The predicted molar refractivity (Wildman–Crippen MR) is 79.8 cm³/mol. The van der Waals surface area contributed by atoms with Crippen molar-refractivity contribution >= 4 is 11.6 Å². The Bertz CT molecular complexity index is 568. The Morgan fingerprint density at radius 1 is 1.16 bits per heavy atom. The summed E-state index contributed by atoms with van der Waals surface area (Å²) in [5.41, 5.74) is 9.01. The Kier molecular flexibility index (Phi) is 4.46. The number of halogens is 1. The summed E-state index contributed by atoms with van der Waals surface area (Å²) in [5.74, 6) is 0.857. The minimum Gasteiger partial charge on any atom is -0.484 e. The van der Waals surface area contributed by atoms with Crippen LogP contribution in [0.15, 0.2) is 42.5 Å². The van der Waals surface area contributed by atoms with Crippen molar-refractivity contribution in [1.82, 2.24) is 0 Å². The molecule has 2 aromatic rings. The van der Waals surface area contributed by atoms with Gasteiger partial charge in [0.1, 0.15) is 11.9 Å². The van der Waals surface area contributed by atoms with E-state index < -0.39 is 0 Å². The van der Waals surface area contributed by atoms with E-state index in [1.54, 1.807) is 0 Å². The van der Waals surface area contributed by atoms with Gasteiger partial charge in [0.2, 0.25) is 0 Å². The summed E-state index contributed by atoms with van der Waals surface area (Å²) in [6.45, 7) is 4.45. The van der Waals surface area contributed by atoms with Gasteiger partial charge in [-0.1, -0.05) is 41.9 Å². The van der Waals surface area contributed by atoms with Crippen LogP contribution < -0.4 is 10.5 Å². The molecular weight excluding hydrogens is 258 g/mol. The van der Waals surface area contributed by atoms with Crippen molar-refractivity contribution in [3.8, 4) is 5.75 Å². The van der Waals surface area contributed by atoms with Crippen LogP contribution in [-0.4, -0.2) is 6.54 Å². The average Bonchev–Trinajstić information content (AvgIpc) is 2.41. The maximum absolute atomic E-state index is 6.20. The van der Waals surface area contributed by atoms with Crippen LogP contribution >= 0.6 is 11.6 Å². The molecule has 2 aromatic carbocycles. The number of benzene rings is 2. The first-order valence-corrected chi connectivity index (χ1v) is 6.68. The van der Waals surface area contributed by atoms with Gasteiger partial charge in [0.25, 0.3) is 0 Å². The fraction of sp³-hybridized carbons (Fsp3) is 0.250. The van der Waals surface area contributed by atoms with Crippen molar-refractivity contribution in [1.29, 1.82) is 0 Å². The summed E-state index contributed by atoms with van der Waals surface area (Å²) in [7, 11) is 0. The molecule has 19 heavy (non-hydrogen) atoms. The van der Waals surface area contributed by atoms with Gasteiger partial charge in [-0.25, -0.2) is 0 Å². The molecule has 0 fully saturated rings. The SMILES string of the molecule is Cc1ccc(C)c(OC(CN)c2ccccc2Cl)c1. The Hall–Kier alpha value is -1.51. The third kappa shape index (κ3) is 3.28. The van der Waals surface area contributed by atoms with Crippen molar-refractivity contribution in [2.45, 2.75) is 20.0 Å². The van der Waals surface area contributed by atoms with Gasteiger partial charge in [-0.3, -0.25) is 0 Å². The number of ether oxygens (including phenoxy) is 1. The van der Waals surface area contributed by atoms with E-state index in [1.165, 1.54) is 0 Å². The van der Waals surface area contributed by atoms with Crippen LogP contribution in [0.4, 0.5) is 0 Å². The Balaban J connectivity index is 2.29. The lowest BCUT2D eigenvalue weighted by Gasteiger charge is -2.20. The second-order valence-electron chi connectivity index (χ2n) is 4.63. The van der Waals surface area contributed by atoms with Gasteiger partial charge >= 0.3 is 0 Å². The molecule has 0 aliphatic rings. The van der Waals surface area contributed by atoms with Crippen LogP contribution in [0, 0.1) is 13.8 Å². The number of aryl methyl sites for hydroxylation is 2.